The summed E-state index contributed by atoms with van der Waals surface area (Å²) in [4.78, 5) is 35.6. The summed E-state index contributed by atoms with van der Waals surface area (Å²) < 4.78 is 5.58. The zero-order chi connectivity index (χ0) is 24.1. The first-order valence-corrected chi connectivity index (χ1v) is 12.1. The maximum absolute atomic E-state index is 12.4. The Morgan fingerprint density at radius 3 is 2.29 bits per heavy atom. The second-order valence-corrected chi connectivity index (χ2v) is 9.38. The van der Waals surface area contributed by atoms with Crippen LogP contribution in [0.25, 0.3) is 11.1 Å². The highest BCUT2D eigenvalue weighted by atomic mass is 16.5. The molecule has 180 valence electrons. The van der Waals surface area contributed by atoms with Gasteiger partial charge in [0.15, 0.2) is 0 Å². The van der Waals surface area contributed by atoms with Crippen molar-refractivity contribution in [3.63, 3.8) is 0 Å². The first-order chi connectivity index (χ1) is 16.4. The van der Waals surface area contributed by atoms with E-state index in [1.807, 2.05) is 31.2 Å². The average Bonchev–Trinajstić information content (AvgIpc) is 3.40. The van der Waals surface area contributed by atoms with Crippen molar-refractivity contribution in [2.45, 2.75) is 63.5 Å². The summed E-state index contributed by atoms with van der Waals surface area (Å²) in [6, 6.07) is 16.3. The van der Waals surface area contributed by atoms with Crippen molar-refractivity contribution < 1.29 is 24.2 Å². The smallest absolute Gasteiger partial charge is 0.407 e. The molecular weight excluding hydrogens is 432 g/mol. The molecule has 1 saturated carbocycles. The summed E-state index contributed by atoms with van der Waals surface area (Å²) in [6.07, 6.45) is 3.01. The van der Waals surface area contributed by atoms with Gasteiger partial charge in [-0.2, -0.15) is 0 Å². The molecule has 0 aliphatic heterocycles. The minimum Gasteiger partial charge on any atom is -0.481 e. The minimum absolute atomic E-state index is 0.0217. The number of aliphatic carboxylic acids is 1. The first-order valence-electron chi connectivity index (χ1n) is 12.1. The number of hydrogen-bond donors (Lipinski definition) is 3. The predicted molar refractivity (Wildman–Crippen MR) is 128 cm³/mol. The molecule has 2 aromatic carbocycles. The van der Waals surface area contributed by atoms with Crippen LogP contribution in [0.3, 0.4) is 0 Å². The normalized spacial score (nSPS) is 19.7. The van der Waals surface area contributed by atoms with E-state index in [-0.39, 0.29) is 36.4 Å². The Balaban J connectivity index is 1.17. The Labute approximate surface area is 199 Å². The molecular formula is C27H32N2O5. The Morgan fingerprint density at radius 1 is 1.03 bits per heavy atom. The van der Waals surface area contributed by atoms with E-state index in [1.165, 1.54) is 22.3 Å². The van der Waals surface area contributed by atoms with Crippen LogP contribution in [-0.4, -0.2) is 41.8 Å². The molecule has 7 heteroatoms. The second-order valence-electron chi connectivity index (χ2n) is 9.38. The first kappa shape index (κ1) is 23.8. The van der Waals surface area contributed by atoms with Gasteiger partial charge in [-0.15, -0.1) is 0 Å². The van der Waals surface area contributed by atoms with Crippen LogP contribution < -0.4 is 10.6 Å². The van der Waals surface area contributed by atoms with Crippen LogP contribution in [0.2, 0.25) is 0 Å². The van der Waals surface area contributed by atoms with Gasteiger partial charge in [0.25, 0.3) is 0 Å². The lowest BCUT2D eigenvalue weighted by Gasteiger charge is -2.17. The Kier molecular flexibility index (Phi) is 7.50. The van der Waals surface area contributed by atoms with Crippen LogP contribution >= 0.6 is 0 Å². The van der Waals surface area contributed by atoms with Crippen LogP contribution in [0, 0.1) is 5.92 Å². The zero-order valence-electron chi connectivity index (χ0n) is 19.5. The fraction of sp³-hybridized carbons (Fsp3) is 0.444. The van der Waals surface area contributed by atoms with E-state index in [4.69, 9.17) is 9.84 Å². The fourth-order valence-corrected chi connectivity index (χ4v) is 5.12. The minimum atomic E-state index is -0.787. The number of hydrogen-bond acceptors (Lipinski definition) is 4. The van der Waals surface area contributed by atoms with Gasteiger partial charge in [0.2, 0.25) is 5.91 Å². The van der Waals surface area contributed by atoms with Gasteiger partial charge in [0.1, 0.15) is 6.61 Å². The number of amides is 2. The van der Waals surface area contributed by atoms with Gasteiger partial charge >= 0.3 is 12.1 Å². The zero-order valence-corrected chi connectivity index (χ0v) is 19.5. The van der Waals surface area contributed by atoms with Crippen molar-refractivity contribution in [3.8, 4) is 11.1 Å². The van der Waals surface area contributed by atoms with Crippen LogP contribution in [0.5, 0.6) is 0 Å². The van der Waals surface area contributed by atoms with E-state index in [0.717, 1.165) is 0 Å². The van der Waals surface area contributed by atoms with E-state index in [2.05, 4.69) is 34.9 Å². The summed E-state index contributed by atoms with van der Waals surface area (Å²) >= 11 is 0. The van der Waals surface area contributed by atoms with Crippen LogP contribution in [0.1, 0.15) is 62.5 Å². The number of rotatable bonds is 9. The molecule has 7 nitrogen and oxygen atoms in total. The largest absolute Gasteiger partial charge is 0.481 e. The van der Waals surface area contributed by atoms with Gasteiger partial charge < -0.3 is 20.5 Å². The molecule has 1 fully saturated rings. The Hall–Kier alpha value is -3.35. The van der Waals surface area contributed by atoms with Crippen molar-refractivity contribution in [3.05, 3.63) is 59.7 Å². The summed E-state index contributed by atoms with van der Waals surface area (Å²) in [7, 11) is 0. The third-order valence-corrected chi connectivity index (χ3v) is 6.90. The molecule has 1 unspecified atom stereocenters. The van der Waals surface area contributed by atoms with E-state index in [9.17, 15) is 14.4 Å². The summed E-state index contributed by atoms with van der Waals surface area (Å²) in [5, 5.41) is 14.9. The van der Waals surface area contributed by atoms with Gasteiger partial charge in [-0.25, -0.2) is 4.79 Å². The molecule has 2 amide bonds. The highest BCUT2D eigenvalue weighted by molar-refractivity contribution is 5.79. The molecule has 0 saturated heterocycles. The highest BCUT2D eigenvalue weighted by Crippen LogP contribution is 2.44. The van der Waals surface area contributed by atoms with Gasteiger partial charge in [-0.3, -0.25) is 9.59 Å². The molecule has 0 heterocycles. The van der Waals surface area contributed by atoms with E-state index in [0.29, 0.717) is 38.5 Å². The lowest BCUT2D eigenvalue weighted by Crippen LogP contribution is -2.35. The number of nitrogens with one attached hydrogen (secondary N) is 2. The number of alkyl carbamates (subject to hydrolysis) is 1. The number of ether oxygens (including phenoxy) is 1. The standard InChI is InChI=1S/C27H32N2O5/c1-17(7-6-12-25(30)29-19-14-13-18(15-19)26(31)32)28-27(33)34-16-24-22-10-4-2-8-20(22)21-9-3-5-11-23(21)24/h2-5,8-11,17-19,24H,6-7,12-16H2,1H3,(H,28,33)(H,29,30)(H,31,32)/t17?,18-,19+/m0/s1. The number of carboxylic acid groups (broad SMARTS) is 1. The van der Waals surface area contributed by atoms with Crippen molar-refractivity contribution >= 4 is 18.0 Å². The van der Waals surface area contributed by atoms with Crippen LogP contribution in [-0.2, 0) is 14.3 Å². The topological polar surface area (TPSA) is 105 Å². The van der Waals surface area contributed by atoms with Crippen LogP contribution in [0.15, 0.2) is 48.5 Å². The molecule has 0 aromatic heterocycles. The SMILES string of the molecule is CC(CCCC(=O)N[C@@H]1CC[C@H](C(=O)O)C1)NC(=O)OCC1c2ccccc2-c2ccccc21. The van der Waals surface area contributed by atoms with Crippen molar-refractivity contribution in [2.75, 3.05) is 6.61 Å². The summed E-state index contributed by atoms with van der Waals surface area (Å²) in [6.45, 7) is 2.17. The van der Waals surface area contributed by atoms with E-state index in [1.54, 1.807) is 0 Å². The molecule has 4 rings (SSSR count). The number of carboxylic acids is 1. The number of fused-ring (bicyclic) bond motifs is 3. The third-order valence-electron chi connectivity index (χ3n) is 6.90. The van der Waals surface area contributed by atoms with Gasteiger partial charge in [-0.1, -0.05) is 48.5 Å². The summed E-state index contributed by atoms with van der Waals surface area (Å²) in [5.74, 6) is -1.19. The molecule has 0 bridgehead atoms. The van der Waals surface area contributed by atoms with Crippen molar-refractivity contribution in [1.29, 1.82) is 0 Å². The molecule has 34 heavy (non-hydrogen) atoms. The number of carbonyl (C=O) groups excluding carboxylic acids is 2. The van der Waals surface area contributed by atoms with Gasteiger partial charge in [0.05, 0.1) is 5.92 Å². The third kappa shape index (κ3) is 5.58. The highest BCUT2D eigenvalue weighted by Gasteiger charge is 2.31. The molecule has 0 radical (unpaired) electrons. The fourth-order valence-electron chi connectivity index (χ4n) is 5.12. The van der Waals surface area contributed by atoms with Crippen molar-refractivity contribution in [2.24, 2.45) is 5.92 Å². The Morgan fingerprint density at radius 2 is 1.68 bits per heavy atom. The lowest BCUT2D eigenvalue weighted by molar-refractivity contribution is -0.141. The lowest BCUT2D eigenvalue weighted by atomic mass is 9.98. The second kappa shape index (κ2) is 10.7. The van der Waals surface area contributed by atoms with Gasteiger partial charge in [0, 0.05) is 24.4 Å². The quantitative estimate of drug-likeness (QED) is 0.508. The van der Waals surface area contributed by atoms with Crippen molar-refractivity contribution in [1.82, 2.24) is 10.6 Å². The van der Waals surface area contributed by atoms with E-state index < -0.39 is 12.1 Å². The van der Waals surface area contributed by atoms with Gasteiger partial charge in [-0.05, 0) is 61.3 Å². The molecule has 2 aromatic rings. The maximum atomic E-state index is 12.4. The number of carbonyl (C=O) groups is 3. The summed E-state index contributed by atoms with van der Waals surface area (Å²) in [5.41, 5.74) is 4.73. The molecule has 2 aliphatic carbocycles. The molecule has 3 N–H and O–H groups in total. The van der Waals surface area contributed by atoms with E-state index >= 15 is 0 Å². The maximum Gasteiger partial charge on any atom is 0.407 e. The van der Waals surface area contributed by atoms with Crippen LogP contribution in [0.4, 0.5) is 4.79 Å². The average molecular weight is 465 g/mol. The predicted octanol–water partition coefficient (Wildman–Crippen LogP) is 4.45. The molecule has 2 aliphatic rings. The molecule has 3 atom stereocenters. The monoisotopic (exact) mass is 464 g/mol. The number of benzene rings is 2. The molecule has 0 spiro atoms. The Bertz CT molecular complexity index is 1010.